The molecule has 7 nitrogen and oxygen atoms in total. The molecule has 1 aliphatic heterocycles. The summed E-state index contributed by atoms with van der Waals surface area (Å²) in [6.45, 7) is 2.51. The predicted octanol–water partition coefficient (Wildman–Crippen LogP) is 6.13. The minimum absolute atomic E-state index is 0.00832. The van der Waals surface area contributed by atoms with E-state index in [0.717, 1.165) is 41.9 Å². The van der Waals surface area contributed by atoms with Gasteiger partial charge in [-0.05, 0) is 73.2 Å². The first-order valence-corrected chi connectivity index (χ1v) is 15.1. The Hall–Kier alpha value is -2.99. The number of sulfonamides is 1. The van der Waals surface area contributed by atoms with Crippen LogP contribution in [-0.4, -0.2) is 42.4 Å². The third-order valence-electron chi connectivity index (χ3n) is 6.31. The summed E-state index contributed by atoms with van der Waals surface area (Å²) < 4.78 is 42.6. The van der Waals surface area contributed by atoms with Crippen LogP contribution >= 0.6 is 22.7 Å². The maximum atomic E-state index is 13.7. The fraction of sp³-hybridized carbons (Fsp3) is 0.269. The SMILES string of the molecule is CCC1CCCCN1S(=O)(=O)c1ccc(C(=O)N(/N=C/c2cccs2)c2nc3ccc(F)cc3s2)cc1. The summed E-state index contributed by atoms with van der Waals surface area (Å²) >= 11 is 2.62. The number of hydrogen-bond acceptors (Lipinski definition) is 7. The third kappa shape index (κ3) is 5.35. The number of hydrogen-bond donors (Lipinski definition) is 0. The molecule has 0 radical (unpaired) electrons. The maximum Gasteiger partial charge on any atom is 0.280 e. The van der Waals surface area contributed by atoms with E-state index in [-0.39, 0.29) is 21.6 Å². The maximum absolute atomic E-state index is 13.7. The number of carbonyl (C=O) groups is 1. The van der Waals surface area contributed by atoms with Crippen molar-refractivity contribution >= 4 is 60.2 Å². The van der Waals surface area contributed by atoms with E-state index in [1.54, 1.807) is 16.6 Å². The molecule has 1 fully saturated rings. The second-order valence-electron chi connectivity index (χ2n) is 8.68. The lowest BCUT2D eigenvalue weighted by Gasteiger charge is -2.34. The lowest BCUT2D eigenvalue weighted by molar-refractivity contribution is 0.0987. The second-order valence-corrected chi connectivity index (χ2v) is 12.6. The van der Waals surface area contributed by atoms with E-state index in [1.165, 1.54) is 52.7 Å². The summed E-state index contributed by atoms with van der Waals surface area (Å²) in [4.78, 5) is 19.0. The largest absolute Gasteiger partial charge is 0.280 e. The van der Waals surface area contributed by atoms with Gasteiger partial charge in [0, 0.05) is 23.0 Å². The quantitative estimate of drug-likeness (QED) is 0.203. The van der Waals surface area contributed by atoms with Crippen LogP contribution in [0.25, 0.3) is 10.2 Å². The molecule has 5 rings (SSSR count). The van der Waals surface area contributed by atoms with Crippen LogP contribution in [0.15, 0.2) is 70.0 Å². The number of carbonyl (C=O) groups excluding carboxylic acids is 1. The molecule has 1 amide bonds. The number of nitrogens with zero attached hydrogens (tertiary/aromatic N) is 4. The molecule has 192 valence electrons. The molecule has 2 aromatic carbocycles. The first-order chi connectivity index (χ1) is 17.9. The Morgan fingerprint density at radius 2 is 2.03 bits per heavy atom. The van der Waals surface area contributed by atoms with Crippen LogP contribution in [0.5, 0.6) is 0 Å². The first-order valence-electron chi connectivity index (χ1n) is 12.0. The number of thiophene rings is 1. The van der Waals surface area contributed by atoms with Crippen LogP contribution < -0.4 is 5.01 Å². The molecule has 11 heteroatoms. The number of thiazole rings is 1. The van der Waals surface area contributed by atoms with Gasteiger partial charge in [-0.3, -0.25) is 4.79 Å². The third-order valence-corrected chi connectivity index (χ3v) is 10.1. The molecular weight excluding hydrogens is 532 g/mol. The van der Waals surface area contributed by atoms with Crippen LogP contribution in [-0.2, 0) is 10.0 Å². The predicted molar refractivity (Wildman–Crippen MR) is 147 cm³/mol. The summed E-state index contributed by atoms with van der Waals surface area (Å²) in [5.74, 6) is -0.862. The molecule has 3 heterocycles. The van der Waals surface area contributed by atoms with Crippen molar-refractivity contribution < 1.29 is 17.6 Å². The Morgan fingerprint density at radius 1 is 1.22 bits per heavy atom. The van der Waals surface area contributed by atoms with Crippen molar-refractivity contribution in [3.05, 3.63) is 76.2 Å². The van der Waals surface area contributed by atoms with E-state index in [9.17, 15) is 17.6 Å². The molecule has 1 saturated heterocycles. The summed E-state index contributed by atoms with van der Waals surface area (Å²) in [6, 6.07) is 13.9. The molecule has 2 aromatic heterocycles. The van der Waals surface area contributed by atoms with E-state index in [1.807, 2.05) is 24.4 Å². The normalized spacial score (nSPS) is 17.0. The van der Waals surface area contributed by atoms with Crippen LogP contribution in [0.4, 0.5) is 9.52 Å². The lowest BCUT2D eigenvalue weighted by Crippen LogP contribution is -2.43. The number of benzene rings is 2. The number of amides is 1. The highest BCUT2D eigenvalue weighted by molar-refractivity contribution is 7.89. The highest BCUT2D eigenvalue weighted by Crippen LogP contribution is 2.31. The van der Waals surface area contributed by atoms with E-state index in [0.29, 0.717) is 16.8 Å². The number of fused-ring (bicyclic) bond motifs is 1. The van der Waals surface area contributed by atoms with Gasteiger partial charge in [-0.25, -0.2) is 17.8 Å². The number of hydrazone groups is 1. The smallest absolute Gasteiger partial charge is 0.267 e. The fourth-order valence-corrected chi connectivity index (χ4v) is 7.66. The van der Waals surface area contributed by atoms with Gasteiger partial charge >= 0.3 is 0 Å². The Balaban J connectivity index is 1.46. The Kier molecular flexibility index (Phi) is 7.47. The molecule has 0 saturated carbocycles. The zero-order valence-electron chi connectivity index (χ0n) is 20.1. The molecule has 4 aromatic rings. The molecular formula is C26H25FN4O3S3. The Morgan fingerprint density at radius 3 is 2.76 bits per heavy atom. The fourth-order valence-electron chi connectivity index (χ4n) is 4.37. The highest BCUT2D eigenvalue weighted by Gasteiger charge is 2.32. The average molecular weight is 557 g/mol. The Bertz CT molecular complexity index is 1530. The van der Waals surface area contributed by atoms with Crippen molar-refractivity contribution in [2.45, 2.75) is 43.5 Å². The number of piperidine rings is 1. The van der Waals surface area contributed by atoms with Gasteiger partial charge in [0.25, 0.3) is 5.91 Å². The molecule has 0 N–H and O–H groups in total. The standard InChI is InChI=1S/C26H25FN4O3S3/c1-2-20-6-3-4-14-30(20)37(33,34)22-11-8-18(9-12-22)25(32)31(28-17-21-7-5-15-35-21)26-29-23-13-10-19(27)16-24(23)36-26/h5,7-13,15-17,20H,2-4,6,14H2,1H3/b28-17+. The minimum atomic E-state index is -3.67. The van der Waals surface area contributed by atoms with Crippen LogP contribution in [0.3, 0.4) is 0 Å². The van der Waals surface area contributed by atoms with Crippen molar-refractivity contribution in [1.82, 2.24) is 9.29 Å². The van der Waals surface area contributed by atoms with Crippen molar-refractivity contribution in [3.63, 3.8) is 0 Å². The summed E-state index contributed by atoms with van der Waals surface area (Å²) in [5.41, 5.74) is 0.817. The second kappa shape index (κ2) is 10.8. The van der Waals surface area contributed by atoms with Gasteiger partial charge < -0.3 is 0 Å². The Labute approximate surface area is 222 Å². The number of anilines is 1. The van der Waals surface area contributed by atoms with Gasteiger partial charge in [-0.15, -0.1) is 11.3 Å². The molecule has 0 aliphatic carbocycles. The summed E-state index contributed by atoms with van der Waals surface area (Å²) in [6.07, 6.45) is 5.05. The monoisotopic (exact) mass is 556 g/mol. The van der Waals surface area contributed by atoms with Gasteiger partial charge in [-0.1, -0.05) is 30.7 Å². The summed E-state index contributed by atoms with van der Waals surface area (Å²) in [5, 5.41) is 7.75. The molecule has 0 spiro atoms. The summed E-state index contributed by atoms with van der Waals surface area (Å²) in [7, 11) is -3.67. The number of aromatic nitrogens is 1. The van der Waals surface area contributed by atoms with Crippen molar-refractivity contribution in [1.29, 1.82) is 0 Å². The number of rotatable bonds is 7. The zero-order chi connectivity index (χ0) is 26.0. The van der Waals surface area contributed by atoms with Crippen molar-refractivity contribution in [2.24, 2.45) is 5.10 Å². The molecule has 1 unspecified atom stereocenters. The van der Waals surface area contributed by atoms with Crippen LogP contribution in [0.1, 0.15) is 47.8 Å². The first kappa shape index (κ1) is 25.7. The van der Waals surface area contributed by atoms with E-state index in [4.69, 9.17) is 0 Å². The van der Waals surface area contributed by atoms with E-state index >= 15 is 0 Å². The van der Waals surface area contributed by atoms with Gasteiger partial charge in [0.2, 0.25) is 15.2 Å². The van der Waals surface area contributed by atoms with E-state index < -0.39 is 21.7 Å². The zero-order valence-corrected chi connectivity index (χ0v) is 22.5. The van der Waals surface area contributed by atoms with E-state index in [2.05, 4.69) is 10.1 Å². The lowest BCUT2D eigenvalue weighted by atomic mass is 10.0. The number of halogens is 1. The van der Waals surface area contributed by atoms with Crippen LogP contribution in [0.2, 0.25) is 0 Å². The van der Waals surface area contributed by atoms with Gasteiger partial charge in [0.15, 0.2) is 0 Å². The minimum Gasteiger partial charge on any atom is -0.267 e. The molecule has 1 atom stereocenters. The van der Waals surface area contributed by atoms with Crippen molar-refractivity contribution in [3.8, 4) is 0 Å². The molecule has 0 bridgehead atoms. The van der Waals surface area contributed by atoms with Crippen molar-refractivity contribution in [2.75, 3.05) is 11.6 Å². The highest BCUT2D eigenvalue weighted by atomic mass is 32.2. The van der Waals surface area contributed by atoms with Gasteiger partial charge in [0.05, 0.1) is 21.3 Å². The average Bonchev–Trinajstić information content (AvgIpc) is 3.58. The topological polar surface area (TPSA) is 82.9 Å². The molecule has 1 aliphatic rings. The van der Waals surface area contributed by atoms with Gasteiger partial charge in [-0.2, -0.15) is 14.4 Å². The van der Waals surface area contributed by atoms with Gasteiger partial charge in [0.1, 0.15) is 5.82 Å². The van der Waals surface area contributed by atoms with Crippen LogP contribution in [0, 0.1) is 5.82 Å². The molecule has 37 heavy (non-hydrogen) atoms.